The largest absolute Gasteiger partial charge is 0.355 e. The number of hydrogen-bond donors (Lipinski definition) is 1. The topological polar surface area (TPSA) is 58.1 Å². The standard InChI is InChI=1S/C21H22N4O/c1-15-9-16(2)11-18(10-15)24-21(26)19-12-20(23-14-22-19)25(3)13-17-7-5-4-6-8-17/h4-12,14H,13H2,1-3H3,(H,24,26). The van der Waals surface area contributed by atoms with Gasteiger partial charge in [-0.1, -0.05) is 36.4 Å². The molecule has 5 heteroatoms. The van der Waals surface area contributed by atoms with Gasteiger partial charge in [0.25, 0.3) is 5.91 Å². The van der Waals surface area contributed by atoms with Crippen molar-refractivity contribution in [3.8, 4) is 0 Å². The van der Waals surface area contributed by atoms with Crippen LogP contribution in [0.3, 0.4) is 0 Å². The average molecular weight is 346 g/mol. The van der Waals surface area contributed by atoms with Crippen LogP contribution in [0.25, 0.3) is 0 Å². The van der Waals surface area contributed by atoms with Crippen LogP contribution in [0.15, 0.2) is 60.9 Å². The molecule has 0 spiro atoms. The third-order valence-corrected chi connectivity index (χ3v) is 4.02. The zero-order chi connectivity index (χ0) is 18.5. The minimum Gasteiger partial charge on any atom is -0.355 e. The third kappa shape index (κ3) is 4.45. The first-order chi connectivity index (χ1) is 12.5. The summed E-state index contributed by atoms with van der Waals surface area (Å²) in [7, 11) is 1.95. The molecule has 3 rings (SSSR count). The van der Waals surface area contributed by atoms with Crippen molar-refractivity contribution in [2.75, 3.05) is 17.3 Å². The molecule has 1 amide bonds. The van der Waals surface area contributed by atoms with Gasteiger partial charge >= 0.3 is 0 Å². The van der Waals surface area contributed by atoms with Gasteiger partial charge in [-0.2, -0.15) is 0 Å². The Morgan fingerprint density at radius 3 is 2.38 bits per heavy atom. The number of amides is 1. The summed E-state index contributed by atoms with van der Waals surface area (Å²) in [5, 5.41) is 2.91. The van der Waals surface area contributed by atoms with E-state index in [4.69, 9.17) is 0 Å². The van der Waals surface area contributed by atoms with Crippen LogP contribution < -0.4 is 10.2 Å². The average Bonchev–Trinajstić information content (AvgIpc) is 2.62. The molecule has 0 aliphatic carbocycles. The number of aryl methyl sites for hydroxylation is 2. The highest BCUT2D eigenvalue weighted by molar-refractivity contribution is 6.03. The molecule has 0 atom stereocenters. The Morgan fingerprint density at radius 2 is 1.69 bits per heavy atom. The number of rotatable bonds is 5. The van der Waals surface area contributed by atoms with E-state index in [0.717, 1.165) is 16.8 Å². The van der Waals surface area contributed by atoms with Gasteiger partial charge in [-0.15, -0.1) is 0 Å². The number of nitrogens with one attached hydrogen (secondary N) is 1. The molecular formula is C21H22N4O. The van der Waals surface area contributed by atoms with Gasteiger partial charge in [0.15, 0.2) is 0 Å². The van der Waals surface area contributed by atoms with Crippen LogP contribution in [0.1, 0.15) is 27.2 Å². The molecule has 0 saturated heterocycles. The summed E-state index contributed by atoms with van der Waals surface area (Å²) in [6.07, 6.45) is 1.42. The van der Waals surface area contributed by atoms with Crippen LogP contribution in [-0.2, 0) is 6.54 Å². The number of aromatic nitrogens is 2. The molecule has 0 radical (unpaired) electrons. The molecule has 2 aromatic carbocycles. The molecule has 1 N–H and O–H groups in total. The lowest BCUT2D eigenvalue weighted by atomic mass is 10.1. The minimum absolute atomic E-state index is 0.244. The number of nitrogens with zero attached hydrogens (tertiary/aromatic N) is 3. The van der Waals surface area contributed by atoms with Crippen molar-refractivity contribution in [3.63, 3.8) is 0 Å². The van der Waals surface area contributed by atoms with E-state index in [1.54, 1.807) is 6.07 Å². The van der Waals surface area contributed by atoms with Crippen molar-refractivity contribution in [2.45, 2.75) is 20.4 Å². The van der Waals surface area contributed by atoms with Gasteiger partial charge in [0, 0.05) is 25.3 Å². The van der Waals surface area contributed by atoms with Gasteiger partial charge < -0.3 is 10.2 Å². The number of carbonyl (C=O) groups excluding carboxylic acids is 1. The highest BCUT2D eigenvalue weighted by Gasteiger charge is 2.12. The Kier molecular flexibility index (Phi) is 5.27. The summed E-state index contributed by atoms with van der Waals surface area (Å²) in [5.74, 6) is 0.459. The number of hydrogen-bond acceptors (Lipinski definition) is 4. The Balaban J connectivity index is 1.74. The predicted octanol–water partition coefficient (Wildman–Crippen LogP) is 3.98. The fourth-order valence-electron chi connectivity index (χ4n) is 2.86. The van der Waals surface area contributed by atoms with Crippen molar-refractivity contribution in [1.82, 2.24) is 9.97 Å². The normalized spacial score (nSPS) is 10.4. The second-order valence-electron chi connectivity index (χ2n) is 6.43. The zero-order valence-corrected chi connectivity index (χ0v) is 15.2. The number of benzene rings is 2. The van der Waals surface area contributed by atoms with Crippen LogP contribution in [0, 0.1) is 13.8 Å². The van der Waals surface area contributed by atoms with Crippen LogP contribution >= 0.6 is 0 Å². The van der Waals surface area contributed by atoms with Crippen LogP contribution in [0.2, 0.25) is 0 Å². The third-order valence-electron chi connectivity index (χ3n) is 4.02. The van der Waals surface area contributed by atoms with Crippen molar-refractivity contribution in [1.29, 1.82) is 0 Å². The van der Waals surface area contributed by atoms with Crippen LogP contribution in [-0.4, -0.2) is 22.9 Å². The summed E-state index contributed by atoms with van der Waals surface area (Å²) in [4.78, 5) is 22.9. The lowest BCUT2D eigenvalue weighted by Gasteiger charge is -2.18. The van der Waals surface area contributed by atoms with Gasteiger partial charge in [-0.05, 0) is 42.7 Å². The van der Waals surface area contributed by atoms with Crippen molar-refractivity contribution in [3.05, 3.63) is 83.3 Å². The van der Waals surface area contributed by atoms with E-state index in [-0.39, 0.29) is 5.91 Å². The molecule has 0 aliphatic rings. The summed E-state index contributed by atoms with van der Waals surface area (Å²) >= 11 is 0. The number of carbonyl (C=O) groups is 1. The maximum Gasteiger partial charge on any atom is 0.274 e. The molecule has 0 aliphatic heterocycles. The van der Waals surface area contributed by atoms with Gasteiger partial charge in [-0.25, -0.2) is 9.97 Å². The molecule has 132 valence electrons. The Morgan fingerprint density at radius 1 is 1.00 bits per heavy atom. The van der Waals surface area contributed by atoms with E-state index in [1.807, 2.05) is 56.1 Å². The first-order valence-electron chi connectivity index (χ1n) is 8.48. The first kappa shape index (κ1) is 17.6. The van der Waals surface area contributed by atoms with E-state index >= 15 is 0 Å². The molecule has 0 bridgehead atoms. The highest BCUT2D eigenvalue weighted by atomic mass is 16.1. The van der Waals surface area contributed by atoms with Crippen molar-refractivity contribution >= 4 is 17.4 Å². The second-order valence-corrected chi connectivity index (χ2v) is 6.43. The molecule has 5 nitrogen and oxygen atoms in total. The fourth-order valence-corrected chi connectivity index (χ4v) is 2.86. The summed E-state index contributed by atoms with van der Waals surface area (Å²) in [6, 6.07) is 17.8. The highest BCUT2D eigenvalue weighted by Crippen LogP contribution is 2.16. The summed E-state index contributed by atoms with van der Waals surface area (Å²) in [6.45, 7) is 4.71. The second kappa shape index (κ2) is 7.78. The summed E-state index contributed by atoms with van der Waals surface area (Å²) < 4.78 is 0. The Labute approximate surface area is 153 Å². The first-order valence-corrected chi connectivity index (χ1v) is 8.48. The van der Waals surface area contributed by atoms with Crippen LogP contribution in [0.5, 0.6) is 0 Å². The van der Waals surface area contributed by atoms with Gasteiger partial charge in [0.05, 0.1) is 0 Å². The molecule has 1 heterocycles. The monoisotopic (exact) mass is 346 g/mol. The molecular weight excluding hydrogens is 324 g/mol. The van der Waals surface area contributed by atoms with E-state index < -0.39 is 0 Å². The molecule has 26 heavy (non-hydrogen) atoms. The molecule has 3 aromatic rings. The van der Waals surface area contributed by atoms with Crippen LogP contribution in [0.4, 0.5) is 11.5 Å². The van der Waals surface area contributed by atoms with E-state index in [0.29, 0.717) is 18.1 Å². The lowest BCUT2D eigenvalue weighted by molar-refractivity contribution is 0.102. The smallest absolute Gasteiger partial charge is 0.274 e. The molecule has 0 fully saturated rings. The van der Waals surface area contributed by atoms with Gasteiger partial charge in [0.1, 0.15) is 17.8 Å². The maximum absolute atomic E-state index is 12.5. The van der Waals surface area contributed by atoms with Gasteiger partial charge in [0.2, 0.25) is 0 Å². The van der Waals surface area contributed by atoms with Crippen molar-refractivity contribution in [2.24, 2.45) is 0 Å². The SMILES string of the molecule is Cc1cc(C)cc(NC(=O)c2cc(N(C)Cc3ccccc3)ncn2)c1. The maximum atomic E-state index is 12.5. The van der Waals surface area contributed by atoms with E-state index in [1.165, 1.54) is 11.9 Å². The Hall–Kier alpha value is -3.21. The number of anilines is 2. The fraction of sp³-hybridized carbons (Fsp3) is 0.190. The lowest BCUT2D eigenvalue weighted by Crippen LogP contribution is -2.20. The zero-order valence-electron chi connectivity index (χ0n) is 15.2. The van der Waals surface area contributed by atoms with Crippen molar-refractivity contribution < 1.29 is 4.79 Å². The quantitative estimate of drug-likeness (QED) is 0.759. The van der Waals surface area contributed by atoms with E-state index in [2.05, 4.69) is 33.5 Å². The molecule has 0 saturated carbocycles. The Bertz CT molecular complexity index is 889. The summed E-state index contributed by atoms with van der Waals surface area (Å²) in [5.41, 5.74) is 4.49. The van der Waals surface area contributed by atoms with Gasteiger partial charge in [-0.3, -0.25) is 4.79 Å². The molecule has 0 unspecified atom stereocenters. The molecule has 1 aromatic heterocycles. The minimum atomic E-state index is -0.244. The predicted molar refractivity (Wildman–Crippen MR) is 104 cm³/mol. The van der Waals surface area contributed by atoms with E-state index in [9.17, 15) is 4.79 Å².